The summed E-state index contributed by atoms with van der Waals surface area (Å²) >= 11 is 6.13. The maximum atomic E-state index is 13.1. The van der Waals surface area contributed by atoms with Crippen LogP contribution in [0.1, 0.15) is 22.3 Å². The predicted molar refractivity (Wildman–Crippen MR) is 124 cm³/mol. The van der Waals surface area contributed by atoms with Crippen molar-refractivity contribution in [2.75, 3.05) is 52.3 Å². The van der Waals surface area contributed by atoms with Crippen molar-refractivity contribution in [2.45, 2.75) is 13.3 Å². The van der Waals surface area contributed by atoms with Gasteiger partial charge in [0.1, 0.15) is 5.56 Å². The van der Waals surface area contributed by atoms with E-state index in [0.29, 0.717) is 54.2 Å². The van der Waals surface area contributed by atoms with E-state index in [1.165, 1.54) is 14.2 Å². The number of ether oxygens (including phenoxy) is 2. The average Bonchev–Trinajstić information content (AvgIpc) is 3.38. The van der Waals surface area contributed by atoms with E-state index in [4.69, 9.17) is 21.1 Å². The van der Waals surface area contributed by atoms with Gasteiger partial charge in [0.2, 0.25) is 17.7 Å². The number of likely N-dealkylation sites (tertiary alicyclic amines) is 2. The molecular weight excluding hydrogens is 446 g/mol. The Labute approximate surface area is 198 Å². The van der Waals surface area contributed by atoms with Crippen molar-refractivity contribution in [1.82, 2.24) is 20.0 Å². The monoisotopic (exact) mass is 473 g/mol. The minimum atomic E-state index is -0.128. The van der Waals surface area contributed by atoms with Crippen LogP contribution in [0.2, 0.25) is 5.02 Å². The summed E-state index contributed by atoms with van der Waals surface area (Å²) in [5, 5.41) is 11.3. The first-order valence-corrected chi connectivity index (χ1v) is 11.3. The van der Waals surface area contributed by atoms with E-state index in [2.05, 4.69) is 20.4 Å². The summed E-state index contributed by atoms with van der Waals surface area (Å²) in [7, 11) is 2.95. The second-order valence-corrected chi connectivity index (χ2v) is 8.97. The number of halogens is 1. The first-order valence-electron chi connectivity index (χ1n) is 10.9. The molecule has 2 unspecified atom stereocenters. The molecule has 9 nitrogen and oxygen atoms in total. The molecule has 1 aromatic heterocycles. The van der Waals surface area contributed by atoms with E-state index in [-0.39, 0.29) is 23.6 Å². The van der Waals surface area contributed by atoms with Gasteiger partial charge in [0, 0.05) is 55.9 Å². The Hall–Kier alpha value is -2.91. The number of carbonyl (C=O) groups excluding carboxylic acids is 2. The number of anilines is 1. The summed E-state index contributed by atoms with van der Waals surface area (Å²) in [6.07, 6.45) is 0.410. The Balaban J connectivity index is 1.27. The molecule has 33 heavy (non-hydrogen) atoms. The molecule has 1 aromatic carbocycles. The number of amides is 2. The van der Waals surface area contributed by atoms with Crippen molar-refractivity contribution in [3.8, 4) is 11.8 Å². The van der Waals surface area contributed by atoms with Crippen LogP contribution in [0.4, 0.5) is 5.69 Å². The lowest BCUT2D eigenvalue weighted by atomic mass is 10.0. The molecule has 1 N–H and O–H groups in total. The molecule has 0 bridgehead atoms. The lowest BCUT2D eigenvalue weighted by molar-refractivity contribution is -0.116. The van der Waals surface area contributed by atoms with Crippen LogP contribution < -0.4 is 14.8 Å². The number of aromatic nitrogens is 2. The molecule has 2 atom stereocenters. The van der Waals surface area contributed by atoms with Crippen molar-refractivity contribution < 1.29 is 19.1 Å². The molecule has 0 aliphatic carbocycles. The van der Waals surface area contributed by atoms with Crippen molar-refractivity contribution in [2.24, 2.45) is 11.8 Å². The first kappa shape index (κ1) is 23.3. The number of hydrogen-bond acceptors (Lipinski definition) is 7. The largest absolute Gasteiger partial charge is 0.480 e. The lowest BCUT2D eigenvalue weighted by Gasteiger charge is -2.22. The van der Waals surface area contributed by atoms with Gasteiger partial charge >= 0.3 is 0 Å². The van der Waals surface area contributed by atoms with E-state index in [0.717, 1.165) is 18.7 Å². The fourth-order valence-electron chi connectivity index (χ4n) is 4.53. The molecule has 2 aliphatic heterocycles. The van der Waals surface area contributed by atoms with E-state index in [1.54, 1.807) is 12.1 Å². The Morgan fingerprint density at radius 3 is 2.45 bits per heavy atom. The minimum absolute atomic E-state index is 0.0324. The number of hydrogen-bond donors (Lipinski definition) is 1. The Kier molecular flexibility index (Phi) is 6.99. The number of carbonyl (C=O) groups is 2. The molecule has 0 spiro atoms. The molecule has 0 radical (unpaired) electrons. The second kappa shape index (κ2) is 9.93. The fraction of sp³-hybridized carbons (Fsp3) is 0.478. The third-order valence-electron chi connectivity index (χ3n) is 6.33. The SMILES string of the molecule is COc1cc(C(=O)N2CC3CN(CCC(=O)Nc4ccc(C)c(Cl)c4)CC3C2)c(OC)nn1. The van der Waals surface area contributed by atoms with E-state index >= 15 is 0 Å². The van der Waals surface area contributed by atoms with E-state index < -0.39 is 0 Å². The van der Waals surface area contributed by atoms with Gasteiger partial charge in [-0.25, -0.2) is 0 Å². The van der Waals surface area contributed by atoms with Crippen LogP contribution >= 0.6 is 11.6 Å². The van der Waals surface area contributed by atoms with Gasteiger partial charge in [-0.2, -0.15) is 0 Å². The van der Waals surface area contributed by atoms with Crippen LogP contribution in [0.3, 0.4) is 0 Å². The molecule has 0 saturated carbocycles. The van der Waals surface area contributed by atoms with Gasteiger partial charge in [-0.3, -0.25) is 9.59 Å². The van der Waals surface area contributed by atoms with Gasteiger partial charge in [0.25, 0.3) is 5.91 Å². The number of aryl methyl sites for hydroxylation is 1. The highest BCUT2D eigenvalue weighted by atomic mass is 35.5. The number of rotatable bonds is 7. The molecule has 2 aromatic rings. The van der Waals surface area contributed by atoms with Crippen LogP contribution in [0.25, 0.3) is 0 Å². The van der Waals surface area contributed by atoms with Crippen molar-refractivity contribution in [1.29, 1.82) is 0 Å². The van der Waals surface area contributed by atoms with Crippen LogP contribution in [0.15, 0.2) is 24.3 Å². The number of nitrogens with one attached hydrogen (secondary N) is 1. The highest BCUT2D eigenvalue weighted by molar-refractivity contribution is 6.31. The molecule has 10 heteroatoms. The molecule has 2 amide bonds. The minimum Gasteiger partial charge on any atom is -0.480 e. The summed E-state index contributed by atoms with van der Waals surface area (Å²) in [5.41, 5.74) is 2.04. The number of nitrogens with zero attached hydrogens (tertiary/aromatic N) is 4. The molecule has 176 valence electrons. The molecule has 3 heterocycles. The quantitative estimate of drug-likeness (QED) is 0.659. The van der Waals surface area contributed by atoms with Gasteiger partial charge < -0.3 is 24.6 Å². The Bertz CT molecular complexity index is 1040. The van der Waals surface area contributed by atoms with E-state index in [9.17, 15) is 9.59 Å². The molecule has 2 aliphatic rings. The van der Waals surface area contributed by atoms with Gasteiger partial charge in [0.05, 0.1) is 14.2 Å². The summed E-state index contributed by atoms with van der Waals surface area (Å²) in [4.78, 5) is 29.6. The Morgan fingerprint density at radius 1 is 1.09 bits per heavy atom. The third kappa shape index (κ3) is 5.20. The normalized spacial score (nSPS) is 19.9. The van der Waals surface area contributed by atoms with Crippen molar-refractivity contribution in [3.05, 3.63) is 40.4 Å². The first-order chi connectivity index (χ1) is 15.9. The lowest BCUT2D eigenvalue weighted by Crippen LogP contribution is -2.34. The average molecular weight is 474 g/mol. The standard InChI is InChI=1S/C23H28ClN5O4/c1-14-4-5-17(8-19(14)24)25-20(30)6-7-28-10-15-12-29(13-16(15)11-28)23(31)18-9-21(32-2)26-27-22(18)33-3/h4-5,8-9,15-16H,6-7,10-13H2,1-3H3,(H,25,30). The second-order valence-electron chi connectivity index (χ2n) is 8.56. The molecule has 2 fully saturated rings. The summed E-state index contributed by atoms with van der Waals surface area (Å²) in [6.45, 7) is 5.68. The maximum Gasteiger partial charge on any atom is 0.259 e. The number of fused-ring (bicyclic) bond motifs is 1. The van der Waals surface area contributed by atoms with E-state index in [1.807, 2.05) is 24.0 Å². The van der Waals surface area contributed by atoms with Gasteiger partial charge in [0.15, 0.2) is 0 Å². The van der Waals surface area contributed by atoms with Crippen LogP contribution in [-0.2, 0) is 4.79 Å². The van der Waals surface area contributed by atoms with Crippen LogP contribution in [-0.4, -0.2) is 78.8 Å². The third-order valence-corrected chi connectivity index (χ3v) is 6.74. The van der Waals surface area contributed by atoms with Gasteiger partial charge in [-0.05, 0) is 36.5 Å². The molecule has 4 rings (SSSR count). The van der Waals surface area contributed by atoms with Crippen LogP contribution in [0, 0.1) is 18.8 Å². The summed E-state index contributed by atoms with van der Waals surface area (Å²) < 4.78 is 10.3. The summed E-state index contributed by atoms with van der Waals surface area (Å²) in [5.74, 6) is 1.08. The zero-order valence-corrected chi connectivity index (χ0v) is 19.8. The molecule has 2 saturated heterocycles. The smallest absolute Gasteiger partial charge is 0.259 e. The Morgan fingerprint density at radius 2 is 1.82 bits per heavy atom. The van der Waals surface area contributed by atoms with Gasteiger partial charge in [-0.15, -0.1) is 10.2 Å². The predicted octanol–water partition coefficient (Wildman–Crippen LogP) is 2.49. The van der Waals surface area contributed by atoms with Crippen molar-refractivity contribution in [3.63, 3.8) is 0 Å². The summed E-state index contributed by atoms with van der Waals surface area (Å²) in [6, 6.07) is 7.08. The zero-order valence-electron chi connectivity index (χ0n) is 19.0. The topological polar surface area (TPSA) is 96.9 Å². The van der Waals surface area contributed by atoms with Gasteiger partial charge in [-0.1, -0.05) is 17.7 Å². The van der Waals surface area contributed by atoms with Crippen molar-refractivity contribution >= 4 is 29.1 Å². The maximum absolute atomic E-state index is 13.1. The van der Waals surface area contributed by atoms with Crippen LogP contribution in [0.5, 0.6) is 11.8 Å². The zero-order chi connectivity index (χ0) is 23.5. The number of benzene rings is 1. The highest BCUT2D eigenvalue weighted by Gasteiger charge is 2.42. The highest BCUT2D eigenvalue weighted by Crippen LogP contribution is 2.33. The fourth-order valence-corrected chi connectivity index (χ4v) is 4.71. The number of methoxy groups -OCH3 is 2. The molecular formula is C23H28ClN5O4.